The van der Waals surface area contributed by atoms with Crippen LogP contribution in [0.1, 0.15) is 16.4 Å². The fraction of sp³-hybridized carbons (Fsp3) is 0.263. The van der Waals surface area contributed by atoms with E-state index in [0.717, 1.165) is 28.0 Å². The molecule has 2 heterocycles. The van der Waals surface area contributed by atoms with Crippen molar-refractivity contribution in [3.8, 4) is 0 Å². The number of benzene rings is 2. The Hall–Kier alpha value is -1.37. The number of fused-ring (bicyclic) bond motifs is 1. The summed E-state index contributed by atoms with van der Waals surface area (Å²) in [4.78, 5) is 0.323. The van der Waals surface area contributed by atoms with Gasteiger partial charge >= 0.3 is 0 Å². The van der Waals surface area contributed by atoms with E-state index < -0.39 is 10.0 Å². The molecule has 0 N–H and O–H groups in total. The normalized spacial score (nSPS) is 18.5. The third kappa shape index (κ3) is 3.11. The number of aryl methyl sites for hydroxylation is 1. The molecule has 1 aliphatic rings. The second kappa shape index (κ2) is 6.74. The highest BCUT2D eigenvalue weighted by atomic mass is 32.2. The Balaban J connectivity index is 1.82. The summed E-state index contributed by atoms with van der Waals surface area (Å²) in [5, 5.41) is 1.47. The van der Waals surface area contributed by atoms with Crippen LogP contribution < -0.4 is 0 Å². The van der Waals surface area contributed by atoms with Gasteiger partial charge in [0, 0.05) is 34.1 Å². The van der Waals surface area contributed by atoms with E-state index in [1.165, 1.54) is 15.3 Å². The Morgan fingerprint density at radius 1 is 1.04 bits per heavy atom. The highest BCUT2D eigenvalue weighted by Gasteiger charge is 2.23. The Labute approximate surface area is 156 Å². The molecule has 1 unspecified atom stereocenters. The highest BCUT2D eigenvalue weighted by molar-refractivity contribution is 8.06. The Kier molecular flexibility index (Phi) is 4.60. The summed E-state index contributed by atoms with van der Waals surface area (Å²) >= 11 is 3.94. The van der Waals surface area contributed by atoms with Gasteiger partial charge in [-0.3, -0.25) is 0 Å². The fourth-order valence-electron chi connectivity index (χ4n) is 3.15. The van der Waals surface area contributed by atoms with Gasteiger partial charge in [-0.25, -0.2) is 12.4 Å². The zero-order valence-electron chi connectivity index (χ0n) is 13.9. The Morgan fingerprint density at radius 2 is 1.84 bits per heavy atom. The molecular formula is C19H19NO2S3. The maximum Gasteiger partial charge on any atom is 0.268 e. The van der Waals surface area contributed by atoms with Crippen LogP contribution in [-0.2, 0) is 10.0 Å². The Morgan fingerprint density at radius 3 is 2.56 bits per heavy atom. The van der Waals surface area contributed by atoms with Gasteiger partial charge in [-0.05, 0) is 36.8 Å². The van der Waals surface area contributed by atoms with Crippen LogP contribution in [-0.4, -0.2) is 29.6 Å². The molecule has 1 saturated heterocycles. The summed E-state index contributed by atoms with van der Waals surface area (Å²) in [5.74, 6) is 3.42. The van der Waals surface area contributed by atoms with Crippen LogP contribution in [0.4, 0.5) is 0 Å². The first-order valence-corrected chi connectivity index (χ1v) is 11.8. The average Bonchev–Trinajstić information content (AvgIpc) is 3.08. The number of rotatable bonds is 3. The van der Waals surface area contributed by atoms with Crippen molar-refractivity contribution in [2.45, 2.75) is 17.1 Å². The van der Waals surface area contributed by atoms with Crippen molar-refractivity contribution < 1.29 is 8.42 Å². The van der Waals surface area contributed by atoms with Gasteiger partial charge in [0.25, 0.3) is 10.0 Å². The summed E-state index contributed by atoms with van der Waals surface area (Å²) in [6.45, 7) is 1.95. The van der Waals surface area contributed by atoms with Crippen molar-refractivity contribution in [3.05, 3.63) is 65.9 Å². The number of thioether (sulfide) groups is 2. The van der Waals surface area contributed by atoms with Gasteiger partial charge in [0.15, 0.2) is 0 Å². The van der Waals surface area contributed by atoms with Gasteiger partial charge in [-0.2, -0.15) is 23.5 Å². The number of hydrogen-bond donors (Lipinski definition) is 0. The molecule has 0 bridgehead atoms. The summed E-state index contributed by atoms with van der Waals surface area (Å²) in [6.07, 6.45) is 1.68. The first kappa shape index (κ1) is 17.1. The monoisotopic (exact) mass is 389 g/mol. The summed E-state index contributed by atoms with van der Waals surface area (Å²) in [6, 6.07) is 15.0. The standard InChI is InChI=1S/C19H19NO2S3/c1-14-5-7-15(8-6-14)25(21,22)20-10-9-16-17(3-2-4-18(16)20)19-13-23-11-12-24-19/h2-10,19H,11-13H2,1H3. The molecule has 0 radical (unpaired) electrons. The molecule has 2 aromatic carbocycles. The van der Waals surface area contributed by atoms with Crippen LogP contribution in [0.5, 0.6) is 0 Å². The highest BCUT2D eigenvalue weighted by Crippen LogP contribution is 2.40. The molecule has 0 saturated carbocycles. The van der Waals surface area contributed by atoms with Gasteiger partial charge in [0.05, 0.1) is 10.4 Å². The molecule has 0 amide bonds. The topological polar surface area (TPSA) is 39.1 Å². The molecule has 6 heteroatoms. The van der Waals surface area contributed by atoms with Crippen molar-refractivity contribution in [3.63, 3.8) is 0 Å². The molecular weight excluding hydrogens is 370 g/mol. The molecule has 0 spiro atoms. The minimum absolute atomic E-state index is 0.323. The van der Waals surface area contributed by atoms with Gasteiger partial charge < -0.3 is 0 Å². The third-order valence-electron chi connectivity index (χ3n) is 4.47. The summed E-state index contributed by atoms with van der Waals surface area (Å²) in [5.41, 5.74) is 3.05. The molecule has 1 fully saturated rings. The van der Waals surface area contributed by atoms with E-state index >= 15 is 0 Å². The van der Waals surface area contributed by atoms with Crippen LogP contribution in [0, 0.1) is 6.92 Å². The maximum absolute atomic E-state index is 13.1. The minimum Gasteiger partial charge on any atom is -0.241 e. The predicted molar refractivity (Wildman–Crippen MR) is 108 cm³/mol. The lowest BCUT2D eigenvalue weighted by Crippen LogP contribution is -2.12. The molecule has 130 valence electrons. The van der Waals surface area contributed by atoms with Crippen molar-refractivity contribution in [1.82, 2.24) is 3.97 Å². The zero-order valence-corrected chi connectivity index (χ0v) is 16.3. The lowest BCUT2D eigenvalue weighted by Gasteiger charge is -2.22. The van der Waals surface area contributed by atoms with E-state index in [4.69, 9.17) is 0 Å². The van der Waals surface area contributed by atoms with Crippen LogP contribution in [0.3, 0.4) is 0 Å². The smallest absolute Gasteiger partial charge is 0.241 e. The van der Waals surface area contributed by atoms with E-state index in [2.05, 4.69) is 6.07 Å². The van der Waals surface area contributed by atoms with Crippen molar-refractivity contribution in [2.75, 3.05) is 17.3 Å². The van der Waals surface area contributed by atoms with Gasteiger partial charge in [0.1, 0.15) is 0 Å². The second-order valence-electron chi connectivity index (χ2n) is 6.14. The van der Waals surface area contributed by atoms with E-state index in [0.29, 0.717) is 10.1 Å². The van der Waals surface area contributed by atoms with Crippen LogP contribution in [0.2, 0.25) is 0 Å². The van der Waals surface area contributed by atoms with Crippen LogP contribution >= 0.6 is 23.5 Å². The average molecular weight is 390 g/mol. The molecule has 4 rings (SSSR count). The van der Waals surface area contributed by atoms with E-state index in [-0.39, 0.29) is 0 Å². The van der Waals surface area contributed by atoms with Crippen LogP contribution in [0.25, 0.3) is 10.9 Å². The first-order chi connectivity index (χ1) is 12.1. The third-order valence-corrected chi connectivity index (χ3v) is 8.97. The summed E-state index contributed by atoms with van der Waals surface area (Å²) in [7, 11) is -3.58. The molecule has 1 aliphatic heterocycles. The largest absolute Gasteiger partial charge is 0.268 e. The SMILES string of the molecule is Cc1ccc(S(=O)(=O)n2ccc3c(C4CSCCS4)cccc32)cc1. The number of aromatic nitrogens is 1. The van der Waals surface area contributed by atoms with Crippen molar-refractivity contribution in [2.24, 2.45) is 0 Å². The molecule has 3 aromatic rings. The molecule has 3 nitrogen and oxygen atoms in total. The quantitative estimate of drug-likeness (QED) is 0.650. The van der Waals surface area contributed by atoms with Crippen molar-refractivity contribution >= 4 is 44.4 Å². The lowest BCUT2D eigenvalue weighted by molar-refractivity contribution is 0.589. The first-order valence-electron chi connectivity index (χ1n) is 8.19. The molecule has 25 heavy (non-hydrogen) atoms. The Bertz CT molecular complexity index is 1000. The molecule has 1 aromatic heterocycles. The summed E-state index contributed by atoms with van der Waals surface area (Å²) < 4.78 is 27.5. The van der Waals surface area contributed by atoms with E-state index in [1.807, 2.05) is 60.8 Å². The van der Waals surface area contributed by atoms with Gasteiger partial charge in [0.2, 0.25) is 0 Å². The van der Waals surface area contributed by atoms with E-state index in [1.54, 1.807) is 18.3 Å². The number of nitrogens with zero attached hydrogens (tertiary/aromatic N) is 1. The second-order valence-corrected chi connectivity index (χ2v) is 10.4. The molecule has 0 aliphatic carbocycles. The molecule has 1 atom stereocenters. The minimum atomic E-state index is -3.58. The van der Waals surface area contributed by atoms with Crippen molar-refractivity contribution in [1.29, 1.82) is 0 Å². The van der Waals surface area contributed by atoms with Gasteiger partial charge in [-0.15, -0.1) is 0 Å². The zero-order chi connectivity index (χ0) is 17.4. The fourth-order valence-corrected chi connectivity index (χ4v) is 7.25. The maximum atomic E-state index is 13.1. The number of hydrogen-bond acceptors (Lipinski definition) is 4. The predicted octanol–water partition coefficient (Wildman–Crippen LogP) is 4.71. The van der Waals surface area contributed by atoms with Gasteiger partial charge in [-0.1, -0.05) is 29.8 Å². The van der Waals surface area contributed by atoms with Crippen LogP contribution in [0.15, 0.2) is 59.6 Å². The van der Waals surface area contributed by atoms with E-state index in [9.17, 15) is 8.42 Å². The lowest BCUT2D eigenvalue weighted by atomic mass is 10.1.